The van der Waals surface area contributed by atoms with Crippen LogP contribution in [0.5, 0.6) is 0 Å². The predicted molar refractivity (Wildman–Crippen MR) is 49.7 cm³/mol. The van der Waals surface area contributed by atoms with Crippen LogP contribution in [0, 0.1) is 0 Å². The summed E-state index contributed by atoms with van der Waals surface area (Å²) in [7, 11) is 0. The molecular formula is C9H10F3N3O. The zero-order valence-corrected chi connectivity index (χ0v) is 8.25. The van der Waals surface area contributed by atoms with Crippen LogP contribution in [0.15, 0.2) is 12.1 Å². The molecule has 1 saturated carbocycles. The average Bonchev–Trinajstić information content (AvgIpc) is 2.98. The van der Waals surface area contributed by atoms with E-state index in [1.165, 1.54) is 6.07 Å². The molecule has 0 amide bonds. The van der Waals surface area contributed by atoms with E-state index in [1.807, 2.05) is 0 Å². The van der Waals surface area contributed by atoms with Gasteiger partial charge in [0.25, 0.3) is 0 Å². The summed E-state index contributed by atoms with van der Waals surface area (Å²) in [5.41, 5.74) is -1.43. The highest BCUT2D eigenvalue weighted by Crippen LogP contribution is 2.38. The highest BCUT2D eigenvalue weighted by Gasteiger charge is 2.42. The molecule has 0 saturated heterocycles. The summed E-state index contributed by atoms with van der Waals surface area (Å²) >= 11 is 0. The van der Waals surface area contributed by atoms with E-state index < -0.39 is 17.4 Å². The molecule has 4 nitrogen and oxygen atoms in total. The molecule has 1 heterocycles. The number of halogens is 3. The van der Waals surface area contributed by atoms with Gasteiger partial charge in [0.1, 0.15) is 5.82 Å². The number of aliphatic hydroxyl groups excluding tert-OH is 1. The predicted octanol–water partition coefficient (Wildman–Crippen LogP) is 1.43. The molecule has 1 aromatic heterocycles. The van der Waals surface area contributed by atoms with E-state index in [9.17, 15) is 13.2 Å². The molecular weight excluding hydrogens is 223 g/mol. The van der Waals surface area contributed by atoms with Gasteiger partial charge >= 0.3 is 6.18 Å². The minimum absolute atomic E-state index is 0.0598. The Balaban J connectivity index is 2.08. The van der Waals surface area contributed by atoms with Crippen LogP contribution in [0.2, 0.25) is 0 Å². The lowest BCUT2D eigenvalue weighted by molar-refractivity contribution is -0.141. The van der Waals surface area contributed by atoms with Gasteiger partial charge < -0.3 is 10.4 Å². The number of nitrogens with zero attached hydrogens (tertiary/aromatic N) is 2. The molecule has 2 N–H and O–H groups in total. The number of hydrogen-bond acceptors (Lipinski definition) is 4. The normalized spacial score (nSPS) is 18.2. The molecule has 88 valence electrons. The summed E-state index contributed by atoms with van der Waals surface area (Å²) in [5.74, 6) is 0.250. The molecule has 1 aliphatic rings. The van der Waals surface area contributed by atoms with Crippen LogP contribution >= 0.6 is 0 Å². The van der Waals surface area contributed by atoms with Crippen molar-refractivity contribution in [2.24, 2.45) is 0 Å². The summed E-state index contributed by atoms with van der Waals surface area (Å²) < 4.78 is 36.5. The Labute approximate surface area is 89.5 Å². The minimum atomic E-state index is -4.47. The van der Waals surface area contributed by atoms with E-state index in [2.05, 4.69) is 15.5 Å². The van der Waals surface area contributed by atoms with Crippen molar-refractivity contribution in [3.63, 3.8) is 0 Å². The standard InChI is InChI=1S/C9H10F3N3O/c10-9(11,12)6-1-2-7(15-14-6)13-8(5-16)3-4-8/h1-2,16H,3-5H2,(H,13,15). The molecule has 0 unspecified atom stereocenters. The fourth-order valence-corrected chi connectivity index (χ4v) is 1.30. The van der Waals surface area contributed by atoms with Gasteiger partial charge in [-0.15, -0.1) is 10.2 Å². The number of nitrogens with one attached hydrogen (secondary N) is 1. The van der Waals surface area contributed by atoms with Crippen molar-refractivity contribution in [3.8, 4) is 0 Å². The first-order chi connectivity index (χ1) is 7.45. The highest BCUT2D eigenvalue weighted by atomic mass is 19.4. The zero-order chi connectivity index (χ0) is 11.8. The van der Waals surface area contributed by atoms with Crippen LogP contribution < -0.4 is 5.32 Å². The molecule has 1 fully saturated rings. The summed E-state index contributed by atoms with van der Waals surface area (Å²) in [6, 6.07) is 2.08. The van der Waals surface area contributed by atoms with Gasteiger partial charge in [0.15, 0.2) is 5.69 Å². The third-order valence-electron chi connectivity index (χ3n) is 2.50. The molecule has 0 atom stereocenters. The number of rotatable bonds is 3. The molecule has 0 bridgehead atoms. The lowest BCUT2D eigenvalue weighted by Crippen LogP contribution is -2.26. The van der Waals surface area contributed by atoms with Gasteiger partial charge in [-0.2, -0.15) is 13.2 Å². The van der Waals surface area contributed by atoms with E-state index in [0.29, 0.717) is 0 Å². The quantitative estimate of drug-likeness (QED) is 0.829. The van der Waals surface area contributed by atoms with Crippen LogP contribution in [-0.2, 0) is 6.18 Å². The zero-order valence-electron chi connectivity index (χ0n) is 8.25. The Bertz CT molecular complexity index is 373. The second-order valence-electron chi connectivity index (χ2n) is 3.87. The Morgan fingerprint density at radius 3 is 2.38 bits per heavy atom. The van der Waals surface area contributed by atoms with Crippen molar-refractivity contribution in [3.05, 3.63) is 17.8 Å². The van der Waals surface area contributed by atoms with E-state index in [1.54, 1.807) is 0 Å². The van der Waals surface area contributed by atoms with Gasteiger partial charge in [-0.05, 0) is 25.0 Å². The third-order valence-corrected chi connectivity index (χ3v) is 2.50. The molecule has 1 aromatic rings. The lowest BCUT2D eigenvalue weighted by Gasteiger charge is -2.14. The third kappa shape index (κ3) is 2.24. The van der Waals surface area contributed by atoms with Gasteiger partial charge in [-0.1, -0.05) is 0 Å². The van der Waals surface area contributed by atoms with Crippen LogP contribution in [0.3, 0.4) is 0 Å². The lowest BCUT2D eigenvalue weighted by atomic mass is 10.3. The molecule has 1 aliphatic carbocycles. The number of aromatic nitrogens is 2. The Hall–Kier alpha value is -1.37. The fourth-order valence-electron chi connectivity index (χ4n) is 1.30. The first-order valence-corrected chi connectivity index (χ1v) is 4.75. The van der Waals surface area contributed by atoms with Crippen molar-refractivity contribution in [2.45, 2.75) is 24.6 Å². The van der Waals surface area contributed by atoms with Crippen molar-refractivity contribution in [1.29, 1.82) is 0 Å². The molecule has 0 radical (unpaired) electrons. The SMILES string of the molecule is OCC1(Nc2ccc(C(F)(F)F)nn2)CC1. The van der Waals surface area contributed by atoms with Gasteiger partial charge in [-0.3, -0.25) is 0 Å². The molecule has 2 rings (SSSR count). The van der Waals surface area contributed by atoms with Gasteiger partial charge in [0.05, 0.1) is 12.1 Å². The largest absolute Gasteiger partial charge is 0.435 e. The Morgan fingerprint density at radius 2 is 2.00 bits per heavy atom. The van der Waals surface area contributed by atoms with Crippen LogP contribution in [0.4, 0.5) is 19.0 Å². The van der Waals surface area contributed by atoms with Crippen LogP contribution in [0.1, 0.15) is 18.5 Å². The van der Waals surface area contributed by atoms with Crippen molar-refractivity contribution in [2.75, 3.05) is 11.9 Å². The van der Waals surface area contributed by atoms with Crippen LogP contribution in [0.25, 0.3) is 0 Å². The highest BCUT2D eigenvalue weighted by molar-refractivity contribution is 5.39. The second kappa shape index (κ2) is 3.58. The van der Waals surface area contributed by atoms with Gasteiger partial charge in [-0.25, -0.2) is 0 Å². The Kier molecular flexibility index (Phi) is 2.49. The first kappa shape index (κ1) is 11.1. The Morgan fingerprint density at radius 1 is 1.31 bits per heavy atom. The number of aliphatic hydroxyl groups is 1. The van der Waals surface area contributed by atoms with Crippen molar-refractivity contribution >= 4 is 5.82 Å². The summed E-state index contributed by atoms with van der Waals surface area (Å²) in [6.07, 6.45) is -2.90. The van der Waals surface area contributed by atoms with Gasteiger partial charge in [0.2, 0.25) is 0 Å². The van der Waals surface area contributed by atoms with E-state index >= 15 is 0 Å². The topological polar surface area (TPSA) is 58.0 Å². The molecule has 0 aliphatic heterocycles. The smallest absolute Gasteiger partial charge is 0.394 e. The molecule has 7 heteroatoms. The minimum Gasteiger partial charge on any atom is -0.394 e. The monoisotopic (exact) mass is 233 g/mol. The number of anilines is 1. The first-order valence-electron chi connectivity index (χ1n) is 4.75. The summed E-state index contributed by atoms with van der Waals surface area (Å²) in [6.45, 7) is -0.0598. The van der Waals surface area contributed by atoms with Crippen molar-refractivity contribution < 1.29 is 18.3 Å². The molecule has 16 heavy (non-hydrogen) atoms. The molecule has 0 spiro atoms. The maximum Gasteiger partial charge on any atom is 0.435 e. The molecule has 0 aromatic carbocycles. The summed E-state index contributed by atoms with van der Waals surface area (Å²) in [5, 5.41) is 18.4. The maximum absolute atomic E-state index is 12.2. The van der Waals surface area contributed by atoms with E-state index in [0.717, 1.165) is 18.9 Å². The van der Waals surface area contributed by atoms with Crippen molar-refractivity contribution in [1.82, 2.24) is 10.2 Å². The maximum atomic E-state index is 12.2. The van der Waals surface area contributed by atoms with Crippen LogP contribution in [-0.4, -0.2) is 27.4 Å². The summed E-state index contributed by atoms with van der Waals surface area (Å²) in [4.78, 5) is 0. The number of alkyl halides is 3. The van der Waals surface area contributed by atoms with E-state index in [-0.39, 0.29) is 12.4 Å². The average molecular weight is 233 g/mol. The van der Waals surface area contributed by atoms with E-state index in [4.69, 9.17) is 5.11 Å². The fraction of sp³-hybridized carbons (Fsp3) is 0.556. The second-order valence-corrected chi connectivity index (χ2v) is 3.87. The number of hydrogen-bond donors (Lipinski definition) is 2. The van der Waals surface area contributed by atoms with Gasteiger partial charge in [0, 0.05) is 0 Å².